The molecule has 6 heteroatoms. The van der Waals surface area contributed by atoms with Crippen molar-refractivity contribution in [3.05, 3.63) is 17.7 Å². The van der Waals surface area contributed by atoms with E-state index in [-0.39, 0.29) is 6.61 Å². The van der Waals surface area contributed by atoms with Gasteiger partial charge in [-0.05, 0) is 31.6 Å². The number of aromatic nitrogens is 2. The molecule has 1 aromatic heterocycles. The fourth-order valence-corrected chi connectivity index (χ4v) is 4.94. The summed E-state index contributed by atoms with van der Waals surface area (Å²) in [6, 6.07) is 0. The van der Waals surface area contributed by atoms with E-state index < -0.39 is 15.1 Å². The van der Waals surface area contributed by atoms with Crippen LogP contribution in [-0.2, 0) is 22.8 Å². The highest BCUT2D eigenvalue weighted by Crippen LogP contribution is 2.35. The first-order valence-electron chi connectivity index (χ1n) is 6.48. The van der Waals surface area contributed by atoms with Crippen LogP contribution < -0.4 is 0 Å². The number of imidazole rings is 1. The van der Waals surface area contributed by atoms with Gasteiger partial charge in [-0.3, -0.25) is 0 Å². The molecule has 2 aliphatic rings. The molecular weight excluding hydrogens is 252 g/mol. The van der Waals surface area contributed by atoms with Crippen LogP contribution in [0.5, 0.6) is 0 Å². The van der Waals surface area contributed by atoms with Crippen LogP contribution in [0.25, 0.3) is 0 Å². The third-order valence-electron chi connectivity index (χ3n) is 4.10. The fourth-order valence-electron chi connectivity index (χ4n) is 3.05. The lowest BCUT2D eigenvalue weighted by atomic mass is 9.97. The van der Waals surface area contributed by atoms with Gasteiger partial charge in [-0.25, -0.2) is 13.4 Å². The molecular formula is C12H18N2O3S. The van der Waals surface area contributed by atoms with E-state index in [0.29, 0.717) is 18.1 Å². The van der Waals surface area contributed by atoms with E-state index in [1.54, 1.807) is 6.20 Å². The first kappa shape index (κ1) is 12.2. The lowest BCUT2D eigenvalue weighted by Gasteiger charge is -2.24. The first-order valence-corrected chi connectivity index (χ1v) is 8.20. The van der Waals surface area contributed by atoms with Gasteiger partial charge in [-0.1, -0.05) is 0 Å². The molecule has 1 saturated heterocycles. The van der Waals surface area contributed by atoms with E-state index >= 15 is 0 Å². The summed E-state index contributed by atoms with van der Waals surface area (Å²) >= 11 is 0. The lowest BCUT2D eigenvalue weighted by molar-refractivity contribution is 0.200. The first-order chi connectivity index (χ1) is 8.62. The third kappa shape index (κ3) is 1.87. The van der Waals surface area contributed by atoms with Gasteiger partial charge in [0.1, 0.15) is 11.1 Å². The van der Waals surface area contributed by atoms with E-state index in [4.69, 9.17) is 0 Å². The minimum absolute atomic E-state index is 0.197. The van der Waals surface area contributed by atoms with Crippen molar-refractivity contribution in [3.63, 3.8) is 0 Å². The maximum absolute atomic E-state index is 12.0. The minimum atomic E-state index is -3.00. The summed E-state index contributed by atoms with van der Waals surface area (Å²) in [6.45, 7) is 0.976. The molecule has 2 aliphatic heterocycles. The molecule has 5 nitrogen and oxygen atoms in total. The molecule has 0 bridgehead atoms. The monoisotopic (exact) mass is 270 g/mol. The zero-order chi connectivity index (χ0) is 12.8. The van der Waals surface area contributed by atoms with Crippen LogP contribution in [0.3, 0.4) is 0 Å². The Morgan fingerprint density at radius 1 is 1.44 bits per heavy atom. The second-order valence-electron chi connectivity index (χ2n) is 5.30. The van der Waals surface area contributed by atoms with Crippen molar-refractivity contribution < 1.29 is 13.5 Å². The molecule has 0 aliphatic carbocycles. The average Bonchev–Trinajstić information content (AvgIpc) is 2.90. The number of nitrogens with zero attached hydrogens (tertiary/aromatic N) is 2. The summed E-state index contributed by atoms with van der Waals surface area (Å²) in [5, 5.41) is 8.79. The highest BCUT2D eigenvalue weighted by Gasteiger charge is 2.37. The van der Waals surface area contributed by atoms with Gasteiger partial charge in [0.2, 0.25) is 0 Å². The SMILES string of the molecule is O=S1(=O)CCCC1c1ncc2n1CCC(CO)C2. The molecule has 18 heavy (non-hydrogen) atoms. The van der Waals surface area contributed by atoms with E-state index in [1.807, 2.05) is 0 Å². The van der Waals surface area contributed by atoms with Gasteiger partial charge in [-0.15, -0.1) is 0 Å². The Kier molecular flexibility index (Phi) is 2.94. The van der Waals surface area contributed by atoms with E-state index in [9.17, 15) is 13.5 Å². The Labute approximate surface area is 107 Å². The second-order valence-corrected chi connectivity index (χ2v) is 7.60. The van der Waals surface area contributed by atoms with Crippen LogP contribution in [0.1, 0.15) is 36.0 Å². The fraction of sp³-hybridized carbons (Fsp3) is 0.750. The number of fused-ring (bicyclic) bond motifs is 1. The third-order valence-corrected chi connectivity index (χ3v) is 6.27. The molecule has 100 valence electrons. The maximum atomic E-state index is 12.0. The van der Waals surface area contributed by atoms with Crippen molar-refractivity contribution in [2.75, 3.05) is 12.4 Å². The zero-order valence-electron chi connectivity index (χ0n) is 10.2. The molecule has 3 rings (SSSR count). The van der Waals surface area contributed by atoms with Crippen molar-refractivity contribution in [3.8, 4) is 0 Å². The molecule has 2 unspecified atom stereocenters. The summed E-state index contributed by atoms with van der Waals surface area (Å²) < 4.78 is 26.0. The summed E-state index contributed by atoms with van der Waals surface area (Å²) in [7, 11) is -3.00. The summed E-state index contributed by atoms with van der Waals surface area (Å²) in [5.74, 6) is 1.31. The molecule has 0 saturated carbocycles. The molecule has 2 atom stereocenters. The smallest absolute Gasteiger partial charge is 0.160 e. The number of sulfone groups is 1. The summed E-state index contributed by atoms with van der Waals surface area (Å²) in [4.78, 5) is 4.35. The molecule has 0 amide bonds. The Balaban J connectivity index is 1.94. The lowest BCUT2D eigenvalue weighted by Crippen LogP contribution is -2.24. The quantitative estimate of drug-likeness (QED) is 0.858. The number of rotatable bonds is 2. The van der Waals surface area contributed by atoms with E-state index in [0.717, 1.165) is 37.3 Å². The van der Waals surface area contributed by atoms with Gasteiger partial charge in [0.05, 0.1) is 5.75 Å². The van der Waals surface area contributed by atoms with Crippen molar-refractivity contribution in [2.45, 2.75) is 37.5 Å². The summed E-state index contributed by atoms with van der Waals surface area (Å²) in [5.41, 5.74) is 1.07. The Hall–Kier alpha value is -0.880. The predicted octanol–water partition coefficient (Wildman–Crippen LogP) is 0.687. The standard InChI is InChI=1S/C12H18N2O3S/c15-8-9-3-4-14-10(6-9)7-13-12(14)11-2-1-5-18(11,16)17/h7,9,11,15H,1-6,8H2. The molecule has 1 N–H and O–H groups in total. The highest BCUT2D eigenvalue weighted by atomic mass is 32.2. The number of hydrogen-bond donors (Lipinski definition) is 1. The van der Waals surface area contributed by atoms with E-state index in [1.165, 1.54) is 0 Å². The molecule has 0 spiro atoms. The predicted molar refractivity (Wildman–Crippen MR) is 66.9 cm³/mol. The molecule has 0 radical (unpaired) electrons. The maximum Gasteiger partial charge on any atom is 0.160 e. The van der Waals surface area contributed by atoms with Crippen LogP contribution >= 0.6 is 0 Å². The van der Waals surface area contributed by atoms with Gasteiger partial charge in [-0.2, -0.15) is 0 Å². The molecule has 0 aromatic carbocycles. The topological polar surface area (TPSA) is 72.2 Å². The van der Waals surface area contributed by atoms with Crippen LogP contribution in [0.15, 0.2) is 6.20 Å². The zero-order valence-corrected chi connectivity index (χ0v) is 11.1. The highest BCUT2D eigenvalue weighted by molar-refractivity contribution is 7.91. The van der Waals surface area contributed by atoms with Crippen molar-refractivity contribution >= 4 is 9.84 Å². The van der Waals surface area contributed by atoms with Crippen LogP contribution in [-0.4, -0.2) is 35.4 Å². The number of hydrogen-bond acceptors (Lipinski definition) is 4. The van der Waals surface area contributed by atoms with Crippen LogP contribution in [0.4, 0.5) is 0 Å². The Morgan fingerprint density at radius 3 is 2.94 bits per heavy atom. The largest absolute Gasteiger partial charge is 0.396 e. The van der Waals surface area contributed by atoms with Crippen molar-refractivity contribution in [1.82, 2.24) is 9.55 Å². The Morgan fingerprint density at radius 2 is 2.28 bits per heavy atom. The average molecular weight is 270 g/mol. The van der Waals surface area contributed by atoms with Crippen molar-refractivity contribution in [1.29, 1.82) is 0 Å². The van der Waals surface area contributed by atoms with Crippen LogP contribution in [0.2, 0.25) is 0 Å². The van der Waals surface area contributed by atoms with Gasteiger partial charge in [0.15, 0.2) is 9.84 Å². The number of aliphatic hydroxyl groups is 1. The Bertz CT molecular complexity index is 550. The van der Waals surface area contributed by atoms with Crippen molar-refractivity contribution in [2.24, 2.45) is 5.92 Å². The number of aliphatic hydroxyl groups excluding tert-OH is 1. The summed E-state index contributed by atoms with van der Waals surface area (Å²) in [6.07, 6.45) is 4.93. The second kappa shape index (κ2) is 4.35. The molecule has 3 heterocycles. The normalized spacial score (nSPS) is 30.3. The van der Waals surface area contributed by atoms with Crippen LogP contribution in [0, 0.1) is 5.92 Å². The van der Waals surface area contributed by atoms with Gasteiger partial charge >= 0.3 is 0 Å². The molecule has 1 aromatic rings. The van der Waals surface area contributed by atoms with Gasteiger partial charge in [0, 0.05) is 25.0 Å². The minimum Gasteiger partial charge on any atom is -0.396 e. The van der Waals surface area contributed by atoms with Gasteiger partial charge in [0.25, 0.3) is 0 Å². The molecule has 1 fully saturated rings. The van der Waals surface area contributed by atoms with Gasteiger partial charge < -0.3 is 9.67 Å². The van der Waals surface area contributed by atoms with E-state index in [2.05, 4.69) is 9.55 Å².